The van der Waals surface area contributed by atoms with Crippen LogP contribution in [0.5, 0.6) is 5.75 Å². The van der Waals surface area contributed by atoms with Gasteiger partial charge in [0.2, 0.25) is 0 Å². The highest BCUT2D eigenvalue weighted by atomic mass is 35.5. The Morgan fingerprint density at radius 2 is 1.77 bits per heavy atom. The van der Waals surface area contributed by atoms with E-state index in [9.17, 15) is 4.79 Å². The average molecular weight is 464 g/mol. The summed E-state index contributed by atoms with van der Waals surface area (Å²) in [5, 5.41) is 0.461. The molecule has 30 heavy (non-hydrogen) atoms. The van der Waals surface area contributed by atoms with Crippen LogP contribution in [-0.2, 0) is 0 Å². The summed E-state index contributed by atoms with van der Waals surface area (Å²) in [6.45, 7) is 1.45. The summed E-state index contributed by atoms with van der Waals surface area (Å²) in [6.07, 6.45) is 0.868. The van der Waals surface area contributed by atoms with Gasteiger partial charge in [-0.15, -0.1) is 0 Å². The van der Waals surface area contributed by atoms with Gasteiger partial charge in [-0.25, -0.2) is 4.98 Å². The molecule has 0 saturated heterocycles. The second kappa shape index (κ2) is 10.3. The zero-order valence-electron chi connectivity index (χ0n) is 16.7. The van der Waals surface area contributed by atoms with Crippen molar-refractivity contribution in [1.82, 2.24) is 9.88 Å². The molecule has 0 bridgehead atoms. The maximum absolute atomic E-state index is 11.7. The van der Waals surface area contributed by atoms with E-state index in [1.807, 2.05) is 50.5 Å². The van der Waals surface area contributed by atoms with Crippen LogP contribution in [0.2, 0.25) is 10.0 Å². The monoisotopic (exact) mass is 462 g/mol. The number of carbonyl (C=O) groups is 1. The maximum atomic E-state index is 11.7. The van der Waals surface area contributed by atoms with E-state index in [1.54, 1.807) is 18.2 Å². The van der Waals surface area contributed by atoms with Crippen LogP contribution in [0.15, 0.2) is 54.6 Å². The Kier molecular flexibility index (Phi) is 7.73. The number of nitrogens with zero attached hydrogens (tertiary/aromatic N) is 2. The Hall–Kier alpha value is -2.11. The number of hydrogen-bond donors (Lipinski definition) is 0. The van der Waals surface area contributed by atoms with Gasteiger partial charge < -0.3 is 9.64 Å². The first kappa shape index (κ1) is 22.6. The van der Waals surface area contributed by atoms with E-state index in [0.29, 0.717) is 28.1 Å². The molecule has 0 aliphatic heterocycles. The Balaban J connectivity index is 2.03. The van der Waals surface area contributed by atoms with Crippen LogP contribution in [0.1, 0.15) is 16.9 Å². The van der Waals surface area contributed by atoms with Crippen LogP contribution in [0, 0.1) is 0 Å². The highest BCUT2D eigenvalue weighted by molar-refractivity contribution is 6.67. The van der Waals surface area contributed by atoms with Gasteiger partial charge in [-0.3, -0.25) is 4.79 Å². The minimum atomic E-state index is -0.629. The van der Waals surface area contributed by atoms with Crippen molar-refractivity contribution in [2.45, 2.75) is 6.42 Å². The van der Waals surface area contributed by atoms with Gasteiger partial charge in [-0.2, -0.15) is 0 Å². The van der Waals surface area contributed by atoms with Gasteiger partial charge in [0.1, 0.15) is 11.4 Å². The Labute approximate surface area is 191 Å². The van der Waals surface area contributed by atoms with Crippen molar-refractivity contribution >= 4 is 40.0 Å². The maximum Gasteiger partial charge on any atom is 0.270 e. The fraction of sp³-hybridized carbons (Fsp3) is 0.217. The first-order valence-electron chi connectivity index (χ1n) is 9.40. The van der Waals surface area contributed by atoms with Crippen molar-refractivity contribution in [2.24, 2.45) is 0 Å². The Morgan fingerprint density at radius 1 is 1.00 bits per heavy atom. The highest BCUT2D eigenvalue weighted by Crippen LogP contribution is 2.37. The van der Waals surface area contributed by atoms with Crippen LogP contribution in [-0.4, -0.2) is 42.4 Å². The number of halogens is 3. The van der Waals surface area contributed by atoms with Crippen molar-refractivity contribution in [3.63, 3.8) is 0 Å². The lowest BCUT2D eigenvalue weighted by Crippen LogP contribution is -2.15. The van der Waals surface area contributed by atoms with Gasteiger partial charge in [-0.1, -0.05) is 47.5 Å². The van der Waals surface area contributed by atoms with Crippen molar-refractivity contribution in [3.05, 3.63) is 70.3 Å². The normalized spacial score (nSPS) is 11.0. The summed E-state index contributed by atoms with van der Waals surface area (Å²) < 4.78 is 5.89. The zero-order chi connectivity index (χ0) is 21.7. The van der Waals surface area contributed by atoms with E-state index in [2.05, 4.69) is 9.88 Å². The van der Waals surface area contributed by atoms with Crippen molar-refractivity contribution in [3.8, 4) is 28.1 Å². The van der Waals surface area contributed by atoms with E-state index in [1.165, 1.54) is 0 Å². The van der Waals surface area contributed by atoms with Gasteiger partial charge in [0.25, 0.3) is 5.24 Å². The SMILES string of the molecule is CN(C)CCCOc1cc(-c2nc(C(=O)Cl)ccc2-c2ccccc2Cl)ccc1Cl. The molecule has 0 N–H and O–H groups in total. The molecule has 2 aromatic carbocycles. The molecule has 1 heterocycles. The molecule has 0 saturated carbocycles. The summed E-state index contributed by atoms with van der Waals surface area (Å²) in [6, 6.07) is 16.3. The molecule has 0 amide bonds. The second-order valence-corrected chi connectivity index (χ2v) is 8.15. The van der Waals surface area contributed by atoms with Crippen LogP contribution >= 0.6 is 34.8 Å². The molecule has 7 heteroatoms. The van der Waals surface area contributed by atoms with Gasteiger partial charge in [0.05, 0.1) is 17.3 Å². The smallest absolute Gasteiger partial charge is 0.270 e. The second-order valence-electron chi connectivity index (χ2n) is 7.00. The first-order valence-corrected chi connectivity index (χ1v) is 10.5. The summed E-state index contributed by atoms with van der Waals surface area (Å²) in [7, 11) is 4.03. The van der Waals surface area contributed by atoms with Crippen molar-refractivity contribution < 1.29 is 9.53 Å². The number of ether oxygens (including phenoxy) is 1. The zero-order valence-corrected chi connectivity index (χ0v) is 18.9. The summed E-state index contributed by atoms with van der Waals surface area (Å²) >= 11 is 18.4. The minimum absolute atomic E-state index is 0.158. The molecule has 0 aliphatic rings. The molecule has 156 valence electrons. The summed E-state index contributed by atoms with van der Waals surface area (Å²) in [5.74, 6) is 0.558. The Bertz CT molecular complexity index is 1050. The van der Waals surface area contributed by atoms with Crippen LogP contribution < -0.4 is 4.74 Å². The van der Waals surface area contributed by atoms with Crippen LogP contribution in [0.4, 0.5) is 0 Å². The lowest BCUT2D eigenvalue weighted by atomic mass is 9.98. The third-order valence-corrected chi connectivity index (χ3v) is 5.31. The third kappa shape index (κ3) is 5.52. The molecule has 0 radical (unpaired) electrons. The van der Waals surface area contributed by atoms with Crippen molar-refractivity contribution in [1.29, 1.82) is 0 Å². The number of aromatic nitrogens is 1. The molecule has 4 nitrogen and oxygen atoms in total. The lowest BCUT2D eigenvalue weighted by molar-refractivity contribution is 0.107. The standard InChI is InChI=1S/C23H21Cl3N2O2/c1-28(2)12-5-13-30-21-14-15(8-10-19(21)25)22-17(9-11-20(27-22)23(26)29)16-6-3-4-7-18(16)24/h3-4,6-11,14H,5,12-13H2,1-2H3. The fourth-order valence-corrected chi connectivity index (χ4v) is 3.52. The number of rotatable bonds is 8. The number of benzene rings is 2. The number of carbonyl (C=O) groups excluding carboxylic acids is 1. The minimum Gasteiger partial charge on any atom is -0.492 e. The molecule has 0 aliphatic carbocycles. The predicted octanol–water partition coefficient (Wildman–Crippen LogP) is 6.43. The molecule has 0 atom stereocenters. The van der Waals surface area contributed by atoms with E-state index < -0.39 is 5.24 Å². The quantitative estimate of drug-likeness (QED) is 0.285. The predicted molar refractivity (Wildman–Crippen MR) is 124 cm³/mol. The van der Waals surface area contributed by atoms with E-state index in [-0.39, 0.29) is 5.69 Å². The molecule has 3 aromatic rings. The van der Waals surface area contributed by atoms with Crippen LogP contribution in [0.3, 0.4) is 0 Å². The lowest BCUT2D eigenvalue weighted by Gasteiger charge is -2.15. The molecule has 1 aromatic heterocycles. The largest absolute Gasteiger partial charge is 0.492 e. The highest BCUT2D eigenvalue weighted by Gasteiger charge is 2.16. The van der Waals surface area contributed by atoms with Gasteiger partial charge in [0, 0.05) is 28.3 Å². The first-order chi connectivity index (χ1) is 14.4. The molecule has 0 fully saturated rings. The summed E-state index contributed by atoms with van der Waals surface area (Å²) in [5.41, 5.74) is 3.06. The van der Waals surface area contributed by atoms with Gasteiger partial charge in [0.15, 0.2) is 0 Å². The van der Waals surface area contributed by atoms with E-state index in [0.717, 1.165) is 29.7 Å². The van der Waals surface area contributed by atoms with Gasteiger partial charge in [-0.05, 0) is 62.4 Å². The molecular formula is C23H21Cl3N2O2. The number of hydrogen-bond acceptors (Lipinski definition) is 4. The topological polar surface area (TPSA) is 42.4 Å². The van der Waals surface area contributed by atoms with E-state index in [4.69, 9.17) is 39.5 Å². The fourth-order valence-electron chi connectivity index (χ4n) is 3.01. The summed E-state index contributed by atoms with van der Waals surface area (Å²) in [4.78, 5) is 18.3. The van der Waals surface area contributed by atoms with Crippen LogP contribution in [0.25, 0.3) is 22.4 Å². The molecular weight excluding hydrogens is 443 g/mol. The van der Waals surface area contributed by atoms with Gasteiger partial charge >= 0.3 is 0 Å². The molecule has 0 unspecified atom stereocenters. The molecule has 0 spiro atoms. The molecule has 3 rings (SSSR count). The van der Waals surface area contributed by atoms with E-state index >= 15 is 0 Å². The Morgan fingerprint density at radius 3 is 2.47 bits per heavy atom. The van der Waals surface area contributed by atoms with Crippen molar-refractivity contribution in [2.75, 3.05) is 27.2 Å². The average Bonchev–Trinajstić information content (AvgIpc) is 2.72. The number of pyridine rings is 1. The third-order valence-electron chi connectivity index (χ3n) is 4.47.